The smallest absolute Gasteiger partial charge is 0.254 e. The van der Waals surface area contributed by atoms with Gasteiger partial charge >= 0.3 is 0 Å². The van der Waals surface area contributed by atoms with Gasteiger partial charge in [-0.25, -0.2) is 0 Å². The molecule has 172 valence electrons. The van der Waals surface area contributed by atoms with E-state index in [-0.39, 0.29) is 11.8 Å². The van der Waals surface area contributed by atoms with E-state index in [1.54, 1.807) is 50.4 Å². The lowest BCUT2D eigenvalue weighted by Crippen LogP contribution is -2.44. The Kier molecular flexibility index (Phi) is 5.45. The number of hydrogen-bond acceptors (Lipinski definition) is 4. The summed E-state index contributed by atoms with van der Waals surface area (Å²) in [5.74, 6) is 0.114. The van der Waals surface area contributed by atoms with E-state index in [1.165, 1.54) is 0 Å². The lowest BCUT2D eigenvalue weighted by atomic mass is 9.79. The second kappa shape index (κ2) is 8.59. The molecule has 2 heterocycles. The third-order valence-corrected chi connectivity index (χ3v) is 6.47. The molecule has 3 aromatic carbocycles. The number of benzene rings is 3. The summed E-state index contributed by atoms with van der Waals surface area (Å²) >= 11 is 0. The number of para-hydroxylation sites is 1. The Morgan fingerprint density at radius 3 is 2.53 bits per heavy atom. The summed E-state index contributed by atoms with van der Waals surface area (Å²) in [5.41, 5.74) is 3.56. The van der Waals surface area contributed by atoms with Crippen molar-refractivity contribution < 1.29 is 19.1 Å². The Bertz CT molecular complexity index is 1390. The number of H-pyrrole nitrogens is 1. The van der Waals surface area contributed by atoms with Crippen molar-refractivity contribution in [2.45, 2.75) is 12.0 Å². The van der Waals surface area contributed by atoms with Gasteiger partial charge in [0.2, 0.25) is 5.91 Å². The van der Waals surface area contributed by atoms with E-state index in [0.29, 0.717) is 28.3 Å². The average molecular weight is 456 g/mol. The molecule has 0 unspecified atom stereocenters. The van der Waals surface area contributed by atoms with Gasteiger partial charge in [-0.05, 0) is 29.8 Å². The van der Waals surface area contributed by atoms with E-state index in [1.807, 2.05) is 48.7 Å². The van der Waals surface area contributed by atoms with E-state index in [9.17, 15) is 9.59 Å². The molecule has 0 saturated heterocycles. The predicted octanol–water partition coefficient (Wildman–Crippen LogP) is 4.73. The van der Waals surface area contributed by atoms with E-state index < -0.39 is 12.0 Å². The third-order valence-electron chi connectivity index (χ3n) is 6.47. The molecule has 0 radical (unpaired) electrons. The Morgan fingerprint density at radius 1 is 0.971 bits per heavy atom. The number of rotatable bonds is 5. The number of nitrogens with zero attached hydrogens (tertiary/aromatic N) is 1. The Balaban J connectivity index is 1.64. The molecule has 34 heavy (non-hydrogen) atoms. The van der Waals surface area contributed by atoms with Gasteiger partial charge in [0.1, 0.15) is 11.5 Å². The minimum Gasteiger partial charge on any atom is -0.497 e. The molecule has 2 N–H and O–H groups in total. The number of anilines is 1. The summed E-state index contributed by atoms with van der Waals surface area (Å²) in [6.07, 6.45) is 1.89. The number of nitrogens with one attached hydrogen (secondary N) is 2. The maximum Gasteiger partial charge on any atom is 0.254 e. The van der Waals surface area contributed by atoms with E-state index in [0.717, 1.165) is 16.5 Å². The molecule has 7 heteroatoms. The van der Waals surface area contributed by atoms with Crippen molar-refractivity contribution in [2.75, 3.05) is 26.6 Å². The topological polar surface area (TPSA) is 83.7 Å². The van der Waals surface area contributed by atoms with Gasteiger partial charge in [0.25, 0.3) is 5.91 Å². The third kappa shape index (κ3) is 3.46. The predicted molar refractivity (Wildman–Crippen MR) is 130 cm³/mol. The van der Waals surface area contributed by atoms with Crippen molar-refractivity contribution in [1.29, 1.82) is 0 Å². The van der Waals surface area contributed by atoms with Crippen LogP contribution in [0.4, 0.5) is 5.69 Å². The first kappa shape index (κ1) is 21.6. The summed E-state index contributed by atoms with van der Waals surface area (Å²) < 4.78 is 10.8. The second-order valence-electron chi connectivity index (χ2n) is 8.27. The van der Waals surface area contributed by atoms with Gasteiger partial charge in [-0.3, -0.25) is 9.59 Å². The lowest BCUT2D eigenvalue weighted by molar-refractivity contribution is -0.119. The number of ether oxygens (including phenoxy) is 2. The molecule has 4 aromatic rings. The Hall–Kier alpha value is -4.26. The van der Waals surface area contributed by atoms with Crippen LogP contribution in [0.5, 0.6) is 11.5 Å². The minimum absolute atomic E-state index is 0.117. The lowest BCUT2D eigenvalue weighted by Gasteiger charge is -2.39. The zero-order chi connectivity index (χ0) is 23.8. The van der Waals surface area contributed by atoms with Crippen LogP contribution >= 0.6 is 0 Å². The molecule has 0 spiro atoms. The number of fused-ring (bicyclic) bond motifs is 2. The highest BCUT2D eigenvalue weighted by atomic mass is 16.5. The largest absolute Gasteiger partial charge is 0.497 e. The second-order valence-corrected chi connectivity index (χ2v) is 8.27. The van der Waals surface area contributed by atoms with Crippen LogP contribution in [0.2, 0.25) is 0 Å². The first-order chi connectivity index (χ1) is 16.5. The molecule has 1 aliphatic rings. The van der Waals surface area contributed by atoms with Crippen LogP contribution < -0.4 is 14.8 Å². The summed E-state index contributed by atoms with van der Waals surface area (Å²) in [7, 11) is 4.87. The SMILES string of the molecule is COc1ccc(OC)c(NC(=O)[C@H]2c3ccccc3C(=O)N(C)[C@@H]2c2c[nH]c3ccccc23)c1. The molecule has 0 saturated carbocycles. The van der Waals surface area contributed by atoms with Crippen molar-refractivity contribution in [3.05, 3.63) is 89.6 Å². The highest BCUT2D eigenvalue weighted by Crippen LogP contribution is 2.45. The molecule has 1 aromatic heterocycles. The Labute approximate surface area is 197 Å². The summed E-state index contributed by atoms with van der Waals surface area (Å²) in [5, 5.41) is 4.01. The highest BCUT2D eigenvalue weighted by molar-refractivity contribution is 6.05. The van der Waals surface area contributed by atoms with Crippen LogP contribution in [0.3, 0.4) is 0 Å². The molecule has 0 aliphatic carbocycles. The van der Waals surface area contributed by atoms with Crippen LogP contribution in [-0.4, -0.2) is 43.0 Å². The minimum atomic E-state index is -0.644. The van der Waals surface area contributed by atoms with Crippen molar-refractivity contribution in [1.82, 2.24) is 9.88 Å². The first-order valence-corrected chi connectivity index (χ1v) is 11.0. The van der Waals surface area contributed by atoms with Gasteiger partial charge in [0, 0.05) is 41.3 Å². The van der Waals surface area contributed by atoms with Gasteiger partial charge in [-0.2, -0.15) is 0 Å². The van der Waals surface area contributed by atoms with E-state index >= 15 is 0 Å². The summed E-state index contributed by atoms with van der Waals surface area (Å²) in [6, 6.07) is 19.9. The van der Waals surface area contributed by atoms with Gasteiger partial charge in [0.05, 0.1) is 31.9 Å². The fraction of sp³-hybridized carbons (Fsp3) is 0.185. The van der Waals surface area contributed by atoms with Crippen LogP contribution in [-0.2, 0) is 4.79 Å². The van der Waals surface area contributed by atoms with E-state index in [2.05, 4.69) is 10.3 Å². The van der Waals surface area contributed by atoms with Crippen LogP contribution in [0, 0.1) is 0 Å². The molecule has 5 rings (SSSR count). The first-order valence-electron chi connectivity index (χ1n) is 11.0. The zero-order valence-electron chi connectivity index (χ0n) is 19.2. The monoisotopic (exact) mass is 455 g/mol. The fourth-order valence-electron chi connectivity index (χ4n) is 4.81. The van der Waals surface area contributed by atoms with Crippen LogP contribution in [0.1, 0.15) is 33.4 Å². The van der Waals surface area contributed by atoms with Crippen molar-refractivity contribution in [3.63, 3.8) is 0 Å². The Morgan fingerprint density at radius 2 is 1.74 bits per heavy atom. The van der Waals surface area contributed by atoms with Gasteiger partial charge in [-0.1, -0.05) is 36.4 Å². The normalized spacial score (nSPS) is 17.4. The van der Waals surface area contributed by atoms with Crippen molar-refractivity contribution in [3.8, 4) is 11.5 Å². The van der Waals surface area contributed by atoms with Crippen LogP contribution in [0.25, 0.3) is 10.9 Å². The summed E-state index contributed by atoms with van der Waals surface area (Å²) in [4.78, 5) is 32.2. The zero-order valence-corrected chi connectivity index (χ0v) is 19.2. The molecule has 2 atom stereocenters. The molecule has 0 bridgehead atoms. The van der Waals surface area contributed by atoms with Crippen molar-refractivity contribution in [2.24, 2.45) is 0 Å². The fourth-order valence-corrected chi connectivity index (χ4v) is 4.81. The quantitative estimate of drug-likeness (QED) is 0.456. The maximum atomic E-state index is 13.9. The van der Waals surface area contributed by atoms with Gasteiger partial charge < -0.3 is 24.7 Å². The standard InChI is InChI=1S/C27H25N3O4/c1-30-25(20-15-28-21-11-7-6-8-17(20)21)24(18-9-4-5-10-19(18)27(30)32)26(31)29-22-14-16(33-2)12-13-23(22)34-3/h4-15,24-25,28H,1-3H3,(H,29,31)/t24-,25+/m0/s1. The maximum absolute atomic E-state index is 13.9. The summed E-state index contributed by atoms with van der Waals surface area (Å²) in [6.45, 7) is 0. The number of aromatic amines is 1. The molecule has 0 fully saturated rings. The van der Waals surface area contributed by atoms with E-state index in [4.69, 9.17) is 9.47 Å². The number of hydrogen-bond donors (Lipinski definition) is 2. The number of likely N-dealkylation sites (N-methyl/N-ethyl adjacent to an activating group) is 1. The van der Waals surface area contributed by atoms with Crippen molar-refractivity contribution >= 4 is 28.4 Å². The molecular weight excluding hydrogens is 430 g/mol. The molecule has 7 nitrogen and oxygen atoms in total. The van der Waals surface area contributed by atoms with Gasteiger partial charge in [-0.15, -0.1) is 0 Å². The molecular formula is C27H25N3O4. The number of carbonyl (C=O) groups excluding carboxylic acids is 2. The van der Waals surface area contributed by atoms with Gasteiger partial charge in [0.15, 0.2) is 0 Å². The highest BCUT2D eigenvalue weighted by Gasteiger charge is 2.43. The average Bonchev–Trinajstić information content (AvgIpc) is 3.29. The number of amides is 2. The number of methoxy groups -OCH3 is 2. The number of carbonyl (C=O) groups is 2. The molecule has 1 aliphatic heterocycles. The van der Waals surface area contributed by atoms with Crippen LogP contribution in [0.15, 0.2) is 72.9 Å². The number of aromatic nitrogens is 1. The molecule has 2 amide bonds.